The normalized spacial score (nSPS) is 17.8. The van der Waals surface area contributed by atoms with Gasteiger partial charge < -0.3 is 24.1 Å². The molecule has 0 aliphatic carbocycles. The van der Waals surface area contributed by atoms with Gasteiger partial charge in [0.05, 0.1) is 24.4 Å². The van der Waals surface area contributed by atoms with E-state index in [1.807, 2.05) is 48.8 Å². The lowest BCUT2D eigenvalue weighted by atomic mass is 10.1. The van der Waals surface area contributed by atoms with Crippen molar-refractivity contribution in [3.63, 3.8) is 0 Å². The number of hydroxylamine groups is 1. The molecule has 2 aromatic heterocycles. The maximum Gasteiger partial charge on any atom is 0.267 e. The van der Waals surface area contributed by atoms with E-state index in [4.69, 9.17) is 19.3 Å². The van der Waals surface area contributed by atoms with Crippen LogP contribution in [0.2, 0.25) is 0 Å². The van der Waals surface area contributed by atoms with E-state index in [9.17, 15) is 4.79 Å². The van der Waals surface area contributed by atoms with Gasteiger partial charge in [0.15, 0.2) is 12.1 Å². The average Bonchev–Trinajstić information content (AvgIpc) is 3.50. The number of aromatic nitrogens is 2. The Morgan fingerprint density at radius 2 is 1.82 bits per heavy atom. The second-order valence-electron chi connectivity index (χ2n) is 9.88. The van der Waals surface area contributed by atoms with Crippen molar-refractivity contribution in [3.8, 4) is 11.3 Å². The van der Waals surface area contributed by atoms with Crippen molar-refractivity contribution in [1.82, 2.24) is 14.9 Å². The summed E-state index contributed by atoms with van der Waals surface area (Å²) >= 11 is 0. The molecule has 2 saturated heterocycles. The Bertz CT molecular complexity index is 1450. The van der Waals surface area contributed by atoms with Crippen LogP contribution in [-0.2, 0) is 19.1 Å². The highest BCUT2D eigenvalue weighted by Crippen LogP contribution is 2.27. The third kappa shape index (κ3) is 6.34. The zero-order valence-corrected chi connectivity index (χ0v) is 22.3. The van der Waals surface area contributed by atoms with Crippen molar-refractivity contribution in [2.24, 2.45) is 0 Å². The van der Waals surface area contributed by atoms with E-state index >= 15 is 0 Å². The number of carbonyl (C=O) groups excluding carboxylic acids is 1. The topological polar surface area (TPSA) is 89.4 Å². The third-order valence-electron chi connectivity index (χ3n) is 7.08. The summed E-state index contributed by atoms with van der Waals surface area (Å²) in [7, 11) is 0. The first-order chi connectivity index (χ1) is 19.7. The number of benzene rings is 2. The van der Waals surface area contributed by atoms with Gasteiger partial charge in [-0.3, -0.25) is 4.79 Å². The molecular weight excluding hydrogens is 506 g/mol. The van der Waals surface area contributed by atoms with Gasteiger partial charge in [-0.05, 0) is 60.9 Å². The summed E-state index contributed by atoms with van der Waals surface area (Å²) in [5, 5.41) is 3.50. The number of nitrogens with zero attached hydrogens (tertiary/aromatic N) is 3. The lowest BCUT2D eigenvalue weighted by Gasteiger charge is -2.28. The molecule has 0 radical (unpaired) electrons. The Hall–Kier alpha value is -4.18. The Balaban J connectivity index is 1.13. The van der Waals surface area contributed by atoms with Crippen LogP contribution in [0, 0.1) is 0 Å². The maximum atomic E-state index is 12.1. The number of fused-ring (bicyclic) bond motifs is 1. The van der Waals surface area contributed by atoms with E-state index in [-0.39, 0.29) is 12.2 Å². The monoisotopic (exact) mass is 539 g/mol. The van der Waals surface area contributed by atoms with Crippen LogP contribution >= 0.6 is 0 Å². The zero-order valence-electron chi connectivity index (χ0n) is 22.3. The predicted molar refractivity (Wildman–Crippen MR) is 155 cm³/mol. The zero-order chi connectivity index (χ0) is 27.1. The summed E-state index contributed by atoms with van der Waals surface area (Å²) in [6, 6.07) is 20.4. The lowest BCUT2D eigenvalue weighted by molar-refractivity contribution is -0.198. The summed E-state index contributed by atoms with van der Waals surface area (Å²) in [5.74, 6) is 0.455. The van der Waals surface area contributed by atoms with Crippen LogP contribution in [0.5, 0.6) is 0 Å². The van der Waals surface area contributed by atoms with Crippen LogP contribution in [-0.4, -0.2) is 54.5 Å². The second kappa shape index (κ2) is 12.3. The van der Waals surface area contributed by atoms with Crippen molar-refractivity contribution in [3.05, 3.63) is 84.7 Å². The molecule has 40 heavy (non-hydrogen) atoms. The molecule has 4 aromatic rings. The van der Waals surface area contributed by atoms with E-state index < -0.39 is 0 Å². The van der Waals surface area contributed by atoms with E-state index in [2.05, 4.69) is 44.4 Å². The van der Waals surface area contributed by atoms with Crippen molar-refractivity contribution in [1.29, 1.82) is 0 Å². The molecule has 1 amide bonds. The van der Waals surface area contributed by atoms with Gasteiger partial charge in [-0.2, -0.15) is 0 Å². The SMILES string of the molecule is O=C(/C=C/c1ccc(-c2cn3cccc3c(Nc3ccc(N4CCOCC4)cc3)n2)cc1)NOC1CCCCO1. The molecule has 2 aliphatic rings. The first-order valence-corrected chi connectivity index (χ1v) is 13.7. The molecule has 0 saturated carbocycles. The van der Waals surface area contributed by atoms with Crippen LogP contribution in [0.1, 0.15) is 24.8 Å². The van der Waals surface area contributed by atoms with Crippen LogP contribution in [0.3, 0.4) is 0 Å². The second-order valence-corrected chi connectivity index (χ2v) is 9.88. The van der Waals surface area contributed by atoms with Crippen LogP contribution < -0.4 is 15.7 Å². The van der Waals surface area contributed by atoms with Crippen molar-refractivity contribution >= 4 is 34.7 Å². The fraction of sp³-hybridized carbons (Fsp3) is 0.290. The average molecular weight is 540 g/mol. The summed E-state index contributed by atoms with van der Waals surface area (Å²) in [4.78, 5) is 24.7. The standard InChI is InChI=1S/C31H33N5O4/c37-29(34-40-30-5-1-2-19-39-30)15-8-23-6-9-24(10-7-23)27-22-36-16-3-4-28(36)31(33-27)32-25-11-13-26(14-12-25)35-17-20-38-21-18-35/h3-4,6-16,22,30H,1-2,5,17-21H2,(H,32,33)(H,34,37)/b15-8+. The molecule has 2 aromatic carbocycles. The van der Waals surface area contributed by atoms with Gasteiger partial charge in [0.1, 0.15) is 0 Å². The number of hydrogen-bond acceptors (Lipinski definition) is 7. The minimum Gasteiger partial charge on any atom is -0.378 e. The summed E-state index contributed by atoms with van der Waals surface area (Å²) in [6.45, 7) is 4.01. The van der Waals surface area contributed by atoms with E-state index in [1.54, 1.807) is 6.08 Å². The minimum atomic E-state index is -0.371. The highest BCUT2D eigenvalue weighted by atomic mass is 16.8. The number of amides is 1. The quantitative estimate of drug-likeness (QED) is 0.236. The number of ether oxygens (including phenoxy) is 2. The highest BCUT2D eigenvalue weighted by molar-refractivity contribution is 5.91. The van der Waals surface area contributed by atoms with E-state index in [0.29, 0.717) is 6.61 Å². The highest BCUT2D eigenvalue weighted by Gasteiger charge is 2.15. The summed E-state index contributed by atoms with van der Waals surface area (Å²) < 4.78 is 13.0. The van der Waals surface area contributed by atoms with Crippen molar-refractivity contribution < 1.29 is 19.1 Å². The predicted octanol–water partition coefficient (Wildman–Crippen LogP) is 5.17. The van der Waals surface area contributed by atoms with Gasteiger partial charge in [-0.25, -0.2) is 15.3 Å². The molecule has 4 heterocycles. The molecule has 0 bridgehead atoms. The number of hydrogen-bond donors (Lipinski definition) is 2. The summed E-state index contributed by atoms with van der Waals surface area (Å²) in [5.41, 5.74) is 8.31. The van der Waals surface area contributed by atoms with Gasteiger partial charge in [0, 0.05) is 61.5 Å². The molecule has 0 spiro atoms. The van der Waals surface area contributed by atoms with Gasteiger partial charge in [-0.1, -0.05) is 24.3 Å². The molecule has 206 valence electrons. The van der Waals surface area contributed by atoms with Gasteiger partial charge in [0.25, 0.3) is 5.91 Å². The Morgan fingerprint density at radius 1 is 1.00 bits per heavy atom. The van der Waals surface area contributed by atoms with E-state index in [0.717, 1.165) is 79.4 Å². The molecule has 1 unspecified atom stereocenters. The first kappa shape index (κ1) is 26.1. The third-order valence-corrected chi connectivity index (χ3v) is 7.08. The molecule has 6 rings (SSSR count). The van der Waals surface area contributed by atoms with Crippen LogP contribution in [0.25, 0.3) is 22.9 Å². The fourth-order valence-electron chi connectivity index (χ4n) is 4.89. The molecule has 2 fully saturated rings. The lowest BCUT2D eigenvalue weighted by Crippen LogP contribution is -2.36. The molecule has 9 nitrogen and oxygen atoms in total. The molecule has 9 heteroatoms. The molecule has 2 N–H and O–H groups in total. The van der Waals surface area contributed by atoms with Crippen molar-refractivity contribution in [2.75, 3.05) is 43.1 Å². The number of nitrogens with one attached hydrogen (secondary N) is 2. The largest absolute Gasteiger partial charge is 0.378 e. The number of morpholine rings is 1. The smallest absolute Gasteiger partial charge is 0.267 e. The Labute approximate surface area is 233 Å². The summed E-state index contributed by atoms with van der Waals surface area (Å²) in [6.07, 6.45) is 9.72. The van der Waals surface area contributed by atoms with Crippen LogP contribution in [0.15, 0.2) is 79.1 Å². The van der Waals surface area contributed by atoms with Crippen molar-refractivity contribution in [2.45, 2.75) is 25.6 Å². The van der Waals surface area contributed by atoms with Gasteiger partial charge in [-0.15, -0.1) is 0 Å². The number of anilines is 3. The molecular formula is C31H33N5O4. The van der Waals surface area contributed by atoms with Gasteiger partial charge in [0.2, 0.25) is 0 Å². The minimum absolute atomic E-state index is 0.327. The Morgan fingerprint density at radius 3 is 2.60 bits per heavy atom. The number of rotatable bonds is 8. The number of carbonyl (C=O) groups is 1. The van der Waals surface area contributed by atoms with Crippen LogP contribution in [0.4, 0.5) is 17.2 Å². The first-order valence-electron chi connectivity index (χ1n) is 13.7. The molecule has 1 atom stereocenters. The van der Waals surface area contributed by atoms with E-state index in [1.165, 1.54) is 11.8 Å². The van der Waals surface area contributed by atoms with Gasteiger partial charge >= 0.3 is 0 Å². The molecule has 2 aliphatic heterocycles. The maximum absolute atomic E-state index is 12.1. The Kier molecular flexibility index (Phi) is 8.04. The fourth-order valence-corrected chi connectivity index (χ4v) is 4.89.